The molecule has 1 atom stereocenters. The zero-order valence-electron chi connectivity index (χ0n) is 9.98. The van der Waals surface area contributed by atoms with E-state index in [1.807, 2.05) is 6.08 Å². The summed E-state index contributed by atoms with van der Waals surface area (Å²) in [5.41, 5.74) is 5.10. The molecule has 0 saturated carbocycles. The highest BCUT2D eigenvalue weighted by molar-refractivity contribution is 5.87. The molecule has 0 saturated heterocycles. The second-order valence-corrected chi connectivity index (χ2v) is 3.95. The standard InChI is InChI=1S/C14H12N2O3/c17-7-1-2-13(14(18)19)11-3-4-12-9-16-15-6-5-10(12)8-11/h1-9,13,15H,(H,18,19). The third-order valence-electron chi connectivity index (χ3n) is 2.73. The molecule has 19 heavy (non-hydrogen) atoms. The van der Waals surface area contributed by atoms with Crippen molar-refractivity contribution in [1.29, 1.82) is 0 Å². The molecule has 0 amide bonds. The number of nitrogens with zero attached hydrogens (tertiary/aromatic N) is 1. The van der Waals surface area contributed by atoms with Crippen molar-refractivity contribution >= 4 is 24.5 Å². The number of hydrogen-bond acceptors (Lipinski definition) is 4. The van der Waals surface area contributed by atoms with Crippen molar-refractivity contribution in [3.8, 4) is 0 Å². The highest BCUT2D eigenvalue weighted by atomic mass is 16.4. The van der Waals surface area contributed by atoms with E-state index in [1.165, 1.54) is 12.2 Å². The number of benzene rings is 1. The van der Waals surface area contributed by atoms with Crippen LogP contribution in [-0.4, -0.2) is 23.6 Å². The molecule has 0 fully saturated rings. The Morgan fingerprint density at radius 2 is 2.21 bits per heavy atom. The Morgan fingerprint density at radius 3 is 2.95 bits per heavy atom. The number of carboxylic acids is 1. The maximum atomic E-state index is 11.2. The molecule has 0 aromatic heterocycles. The number of hydrazone groups is 1. The second-order valence-electron chi connectivity index (χ2n) is 3.95. The van der Waals surface area contributed by atoms with Crippen LogP contribution in [0, 0.1) is 0 Å². The maximum absolute atomic E-state index is 11.2. The summed E-state index contributed by atoms with van der Waals surface area (Å²) in [6, 6.07) is 5.30. The summed E-state index contributed by atoms with van der Waals surface area (Å²) in [7, 11) is 0. The summed E-state index contributed by atoms with van der Waals surface area (Å²) in [5.74, 6) is -1.83. The minimum atomic E-state index is -0.998. The molecule has 1 aromatic carbocycles. The number of allylic oxidation sites excluding steroid dienone is 1. The van der Waals surface area contributed by atoms with Crippen LogP contribution in [0.3, 0.4) is 0 Å². The van der Waals surface area contributed by atoms with Gasteiger partial charge < -0.3 is 5.11 Å². The third-order valence-corrected chi connectivity index (χ3v) is 2.73. The summed E-state index contributed by atoms with van der Waals surface area (Å²) in [6.45, 7) is 0. The number of rotatable bonds is 4. The number of fused-ring (bicyclic) bond motifs is 1. The lowest BCUT2D eigenvalue weighted by Crippen LogP contribution is -2.09. The summed E-state index contributed by atoms with van der Waals surface area (Å²) in [4.78, 5) is 21.5. The molecule has 1 aliphatic rings. The van der Waals surface area contributed by atoms with Crippen LogP contribution in [0.25, 0.3) is 6.08 Å². The van der Waals surface area contributed by atoms with Crippen molar-refractivity contribution in [2.24, 2.45) is 5.10 Å². The molecule has 1 aliphatic heterocycles. The van der Waals surface area contributed by atoms with Crippen molar-refractivity contribution in [2.45, 2.75) is 5.92 Å². The molecule has 1 heterocycles. The van der Waals surface area contributed by atoms with Crippen molar-refractivity contribution in [1.82, 2.24) is 5.43 Å². The molecular formula is C14H12N2O3. The summed E-state index contributed by atoms with van der Waals surface area (Å²) < 4.78 is 0. The number of carbonyl (C=O) groups is 2. The molecular weight excluding hydrogens is 244 g/mol. The average molecular weight is 256 g/mol. The van der Waals surface area contributed by atoms with Crippen LogP contribution in [0.2, 0.25) is 0 Å². The van der Waals surface area contributed by atoms with E-state index in [1.54, 1.807) is 30.6 Å². The van der Waals surface area contributed by atoms with Crippen molar-refractivity contribution in [3.63, 3.8) is 0 Å². The van der Waals surface area contributed by atoms with Gasteiger partial charge in [-0.05, 0) is 29.3 Å². The van der Waals surface area contributed by atoms with E-state index in [-0.39, 0.29) is 0 Å². The van der Waals surface area contributed by atoms with Gasteiger partial charge in [0.2, 0.25) is 0 Å². The molecule has 5 nitrogen and oxygen atoms in total. The topological polar surface area (TPSA) is 78.8 Å². The molecule has 5 heteroatoms. The van der Waals surface area contributed by atoms with Crippen LogP contribution < -0.4 is 5.43 Å². The summed E-state index contributed by atoms with van der Waals surface area (Å²) >= 11 is 0. The molecule has 0 bridgehead atoms. The van der Waals surface area contributed by atoms with Gasteiger partial charge in [-0.25, -0.2) is 0 Å². The smallest absolute Gasteiger partial charge is 0.314 e. The van der Waals surface area contributed by atoms with Crippen molar-refractivity contribution < 1.29 is 14.7 Å². The highest BCUT2D eigenvalue weighted by Gasteiger charge is 2.17. The minimum absolute atomic E-state index is 0.565. The zero-order valence-corrected chi connectivity index (χ0v) is 9.98. The Labute approximate surface area is 109 Å². The molecule has 0 spiro atoms. The molecule has 1 unspecified atom stereocenters. The lowest BCUT2D eigenvalue weighted by molar-refractivity contribution is -0.137. The SMILES string of the molecule is O=CC=CC(C(=O)O)c1ccc2c(c1)C=CNN=C2. The van der Waals surface area contributed by atoms with E-state index in [9.17, 15) is 14.7 Å². The van der Waals surface area contributed by atoms with E-state index in [0.717, 1.165) is 11.1 Å². The lowest BCUT2D eigenvalue weighted by Gasteiger charge is -2.10. The van der Waals surface area contributed by atoms with Crippen molar-refractivity contribution in [3.05, 3.63) is 53.2 Å². The first kappa shape index (κ1) is 12.8. The van der Waals surface area contributed by atoms with Gasteiger partial charge in [-0.2, -0.15) is 5.10 Å². The van der Waals surface area contributed by atoms with Gasteiger partial charge in [-0.3, -0.25) is 15.0 Å². The minimum Gasteiger partial charge on any atom is -0.481 e. The van der Waals surface area contributed by atoms with Gasteiger partial charge in [0.05, 0.1) is 6.21 Å². The van der Waals surface area contributed by atoms with Crippen LogP contribution in [0.4, 0.5) is 0 Å². The van der Waals surface area contributed by atoms with Gasteiger partial charge in [-0.1, -0.05) is 18.2 Å². The first-order valence-electron chi connectivity index (χ1n) is 5.66. The fourth-order valence-electron chi connectivity index (χ4n) is 1.82. The van der Waals surface area contributed by atoms with Crippen LogP contribution in [0.5, 0.6) is 0 Å². The predicted molar refractivity (Wildman–Crippen MR) is 71.8 cm³/mol. The van der Waals surface area contributed by atoms with E-state index < -0.39 is 11.9 Å². The molecule has 0 aliphatic carbocycles. The van der Waals surface area contributed by atoms with Crippen LogP contribution in [0.15, 0.2) is 41.7 Å². The molecule has 1 aromatic rings. The van der Waals surface area contributed by atoms with Gasteiger partial charge in [0.1, 0.15) is 12.2 Å². The molecule has 96 valence electrons. The van der Waals surface area contributed by atoms with Crippen LogP contribution >= 0.6 is 0 Å². The predicted octanol–water partition coefficient (Wildman–Crippen LogP) is 1.52. The first-order chi connectivity index (χ1) is 9.22. The third kappa shape index (κ3) is 2.95. The largest absolute Gasteiger partial charge is 0.481 e. The Morgan fingerprint density at radius 1 is 1.37 bits per heavy atom. The van der Waals surface area contributed by atoms with Gasteiger partial charge in [0.25, 0.3) is 0 Å². The Hall–Kier alpha value is -2.69. The van der Waals surface area contributed by atoms with Gasteiger partial charge in [-0.15, -0.1) is 0 Å². The van der Waals surface area contributed by atoms with E-state index in [0.29, 0.717) is 11.8 Å². The van der Waals surface area contributed by atoms with Gasteiger partial charge in [0, 0.05) is 11.8 Å². The number of nitrogens with one attached hydrogen (secondary N) is 1. The summed E-state index contributed by atoms with van der Waals surface area (Å²) in [5, 5.41) is 13.1. The average Bonchev–Trinajstić information content (AvgIpc) is 2.63. The van der Waals surface area contributed by atoms with E-state index in [4.69, 9.17) is 0 Å². The fourth-order valence-corrected chi connectivity index (χ4v) is 1.82. The lowest BCUT2D eigenvalue weighted by atomic mass is 9.94. The highest BCUT2D eigenvalue weighted by Crippen LogP contribution is 2.22. The zero-order chi connectivity index (χ0) is 13.7. The molecule has 2 rings (SSSR count). The Bertz CT molecular complexity index is 588. The quantitative estimate of drug-likeness (QED) is 0.632. The molecule has 2 N–H and O–H groups in total. The van der Waals surface area contributed by atoms with E-state index >= 15 is 0 Å². The normalized spacial score (nSPS) is 14.5. The number of carbonyl (C=O) groups excluding carboxylic acids is 1. The van der Waals surface area contributed by atoms with Crippen molar-refractivity contribution in [2.75, 3.05) is 0 Å². The Kier molecular flexibility index (Phi) is 3.87. The van der Waals surface area contributed by atoms with E-state index in [2.05, 4.69) is 10.5 Å². The number of hydrogen-bond donors (Lipinski definition) is 2. The molecule has 0 radical (unpaired) electrons. The number of aldehydes is 1. The van der Waals surface area contributed by atoms with Crippen LogP contribution in [-0.2, 0) is 9.59 Å². The fraction of sp³-hybridized carbons (Fsp3) is 0.0714. The van der Waals surface area contributed by atoms with Gasteiger partial charge >= 0.3 is 5.97 Å². The summed E-state index contributed by atoms with van der Waals surface area (Å²) in [6.07, 6.45) is 8.27. The second kappa shape index (κ2) is 5.77. The number of aliphatic carboxylic acids is 1. The van der Waals surface area contributed by atoms with Crippen LogP contribution in [0.1, 0.15) is 22.6 Å². The first-order valence-corrected chi connectivity index (χ1v) is 5.66. The number of carboxylic acid groups (broad SMARTS) is 1. The van der Waals surface area contributed by atoms with Gasteiger partial charge in [0.15, 0.2) is 0 Å². The maximum Gasteiger partial charge on any atom is 0.314 e. The monoisotopic (exact) mass is 256 g/mol. The Balaban J connectivity index is 2.42.